The van der Waals surface area contributed by atoms with Crippen LogP contribution in [0.1, 0.15) is 52.5 Å². The van der Waals surface area contributed by atoms with Crippen molar-refractivity contribution in [3.05, 3.63) is 34.9 Å². The molecular formula is C17H21NO3. The highest BCUT2D eigenvalue weighted by molar-refractivity contribution is 6.02. The molecule has 1 amide bonds. The Kier molecular flexibility index (Phi) is 4.06. The minimum absolute atomic E-state index is 0.0639. The van der Waals surface area contributed by atoms with Gasteiger partial charge >= 0.3 is 0 Å². The van der Waals surface area contributed by atoms with Crippen molar-refractivity contribution in [2.45, 2.75) is 38.7 Å². The van der Waals surface area contributed by atoms with E-state index < -0.39 is 0 Å². The van der Waals surface area contributed by atoms with E-state index in [1.807, 2.05) is 19.1 Å². The highest BCUT2D eigenvalue weighted by Gasteiger charge is 2.31. The lowest BCUT2D eigenvalue weighted by Crippen LogP contribution is -2.33. The molecule has 21 heavy (non-hydrogen) atoms. The number of Topliss-reactive ketones (excluding diaryl/α,β-unsaturated/α-hetero) is 1. The molecule has 1 aromatic rings. The number of hydrogen-bond acceptors (Lipinski definition) is 3. The van der Waals surface area contributed by atoms with Gasteiger partial charge in [0.15, 0.2) is 5.78 Å². The molecule has 112 valence electrons. The van der Waals surface area contributed by atoms with Gasteiger partial charge in [0.1, 0.15) is 0 Å². The third-order valence-corrected chi connectivity index (χ3v) is 4.43. The van der Waals surface area contributed by atoms with Crippen LogP contribution in [0.4, 0.5) is 0 Å². The third kappa shape index (κ3) is 3.00. The molecule has 1 saturated carbocycles. The zero-order valence-electron chi connectivity index (χ0n) is 12.4. The first-order chi connectivity index (χ1) is 10.2. The summed E-state index contributed by atoms with van der Waals surface area (Å²) >= 11 is 0. The highest BCUT2D eigenvalue weighted by Crippen LogP contribution is 2.33. The van der Waals surface area contributed by atoms with Gasteiger partial charge in [-0.25, -0.2) is 0 Å². The van der Waals surface area contributed by atoms with Gasteiger partial charge in [-0.2, -0.15) is 0 Å². The van der Waals surface area contributed by atoms with Gasteiger partial charge in [0.05, 0.1) is 6.10 Å². The minimum Gasteiger partial charge on any atom is -0.378 e. The van der Waals surface area contributed by atoms with Crippen LogP contribution in [0.15, 0.2) is 18.2 Å². The largest absolute Gasteiger partial charge is 0.378 e. The Bertz CT molecular complexity index is 561. The lowest BCUT2D eigenvalue weighted by atomic mass is 9.78. The van der Waals surface area contributed by atoms with E-state index in [-0.39, 0.29) is 11.7 Å². The molecule has 4 heteroatoms. The average Bonchev–Trinajstić information content (AvgIpc) is 2.45. The van der Waals surface area contributed by atoms with Gasteiger partial charge in [-0.05, 0) is 43.7 Å². The maximum Gasteiger partial charge on any atom is 0.251 e. The number of nitrogens with one attached hydrogen (secondary N) is 1. The topological polar surface area (TPSA) is 55.4 Å². The van der Waals surface area contributed by atoms with Crippen LogP contribution in [0.25, 0.3) is 0 Å². The molecule has 3 rings (SSSR count). The second kappa shape index (κ2) is 5.98. The van der Waals surface area contributed by atoms with Crippen molar-refractivity contribution >= 4 is 11.7 Å². The van der Waals surface area contributed by atoms with E-state index in [0.717, 1.165) is 31.4 Å². The normalized spacial score (nSPS) is 24.0. The Hall–Kier alpha value is -1.68. The van der Waals surface area contributed by atoms with Crippen molar-refractivity contribution in [1.82, 2.24) is 5.32 Å². The summed E-state index contributed by atoms with van der Waals surface area (Å²) in [5.41, 5.74) is 2.36. The number of hydrogen-bond donors (Lipinski definition) is 1. The molecule has 1 N–H and O–H groups in total. The Morgan fingerprint density at radius 2 is 2.19 bits per heavy atom. The predicted molar refractivity (Wildman–Crippen MR) is 79.6 cm³/mol. The van der Waals surface area contributed by atoms with Gasteiger partial charge < -0.3 is 10.1 Å². The molecule has 0 aromatic heterocycles. The summed E-state index contributed by atoms with van der Waals surface area (Å²) in [4.78, 5) is 24.2. The molecule has 0 spiro atoms. The van der Waals surface area contributed by atoms with Crippen LogP contribution in [0, 0.1) is 5.92 Å². The van der Waals surface area contributed by atoms with Crippen LogP contribution in [0.3, 0.4) is 0 Å². The molecule has 4 nitrogen and oxygen atoms in total. The van der Waals surface area contributed by atoms with Crippen molar-refractivity contribution in [3.63, 3.8) is 0 Å². The summed E-state index contributed by atoms with van der Waals surface area (Å²) in [7, 11) is 0. The number of ketones is 1. The molecule has 0 radical (unpaired) electrons. The van der Waals surface area contributed by atoms with Gasteiger partial charge in [-0.1, -0.05) is 12.1 Å². The molecule has 0 saturated heterocycles. The first-order valence-electron chi connectivity index (χ1n) is 7.73. The van der Waals surface area contributed by atoms with E-state index >= 15 is 0 Å². The number of benzene rings is 1. The molecule has 0 atom stereocenters. The van der Waals surface area contributed by atoms with E-state index in [0.29, 0.717) is 36.1 Å². The van der Waals surface area contributed by atoms with Crippen LogP contribution in [0.5, 0.6) is 0 Å². The zero-order chi connectivity index (χ0) is 14.8. The molecular weight excluding hydrogens is 266 g/mol. The summed E-state index contributed by atoms with van der Waals surface area (Å²) in [5.74, 6) is 0.501. The van der Waals surface area contributed by atoms with Crippen molar-refractivity contribution in [1.29, 1.82) is 0 Å². The number of carbonyl (C=O) groups excluding carboxylic acids is 2. The Labute approximate surface area is 124 Å². The van der Waals surface area contributed by atoms with E-state index in [2.05, 4.69) is 5.32 Å². The van der Waals surface area contributed by atoms with Gasteiger partial charge in [0, 0.05) is 30.7 Å². The predicted octanol–water partition coefficient (Wildman–Crippen LogP) is 2.36. The first-order valence-corrected chi connectivity index (χ1v) is 7.73. The fourth-order valence-corrected chi connectivity index (χ4v) is 3.18. The molecule has 0 bridgehead atoms. The maximum absolute atomic E-state index is 12.3. The maximum atomic E-state index is 12.3. The number of carbonyl (C=O) groups is 2. The fraction of sp³-hybridized carbons (Fsp3) is 0.529. The van der Waals surface area contributed by atoms with E-state index in [9.17, 15) is 9.59 Å². The molecule has 2 aliphatic rings. The van der Waals surface area contributed by atoms with E-state index in [1.54, 1.807) is 6.07 Å². The van der Waals surface area contributed by atoms with Gasteiger partial charge in [0.2, 0.25) is 0 Å². The smallest absolute Gasteiger partial charge is 0.251 e. The number of rotatable bonds is 5. The minimum atomic E-state index is -0.0639. The highest BCUT2D eigenvalue weighted by atomic mass is 16.5. The lowest BCUT2D eigenvalue weighted by Gasteiger charge is -2.34. The van der Waals surface area contributed by atoms with Crippen LogP contribution >= 0.6 is 0 Å². The molecule has 1 heterocycles. The number of ether oxygens (including phenoxy) is 1. The summed E-state index contributed by atoms with van der Waals surface area (Å²) in [6.07, 6.45) is 3.69. The molecule has 1 aliphatic heterocycles. The molecule has 1 aromatic carbocycles. The Morgan fingerprint density at radius 3 is 2.95 bits per heavy atom. The van der Waals surface area contributed by atoms with Crippen LogP contribution < -0.4 is 5.32 Å². The van der Waals surface area contributed by atoms with Gasteiger partial charge in [-0.15, -0.1) is 0 Å². The molecule has 1 fully saturated rings. The van der Waals surface area contributed by atoms with Crippen LogP contribution in [-0.4, -0.2) is 30.9 Å². The van der Waals surface area contributed by atoms with Crippen LogP contribution in [0.2, 0.25) is 0 Å². The summed E-state index contributed by atoms with van der Waals surface area (Å²) in [5, 5.41) is 2.82. The van der Waals surface area contributed by atoms with Crippen molar-refractivity contribution in [2.24, 2.45) is 5.92 Å². The second-order valence-corrected chi connectivity index (χ2v) is 5.92. The lowest BCUT2D eigenvalue weighted by molar-refractivity contribution is -0.0246. The quantitative estimate of drug-likeness (QED) is 0.846. The third-order valence-electron chi connectivity index (χ3n) is 4.43. The standard InChI is InChI=1S/C17H21NO3/c1-2-21-14-7-11(8-14)9-16(19)13-4-3-12-5-6-18-17(20)15(12)10-13/h3-4,10-11,14H,2,5-9H2,1H3,(H,18,20). The molecule has 1 aliphatic carbocycles. The van der Waals surface area contributed by atoms with Crippen molar-refractivity contribution < 1.29 is 14.3 Å². The van der Waals surface area contributed by atoms with Gasteiger partial charge in [-0.3, -0.25) is 9.59 Å². The zero-order valence-corrected chi connectivity index (χ0v) is 12.4. The average molecular weight is 287 g/mol. The van der Waals surface area contributed by atoms with E-state index in [1.165, 1.54) is 0 Å². The number of amides is 1. The SMILES string of the molecule is CCOC1CC(CC(=O)c2ccc3c(c2)C(=O)NCC3)C1. The number of fused-ring (bicyclic) bond motifs is 1. The monoisotopic (exact) mass is 287 g/mol. The fourth-order valence-electron chi connectivity index (χ4n) is 3.18. The van der Waals surface area contributed by atoms with Crippen molar-refractivity contribution in [3.8, 4) is 0 Å². The first kappa shape index (κ1) is 14.3. The van der Waals surface area contributed by atoms with Gasteiger partial charge in [0.25, 0.3) is 5.91 Å². The Morgan fingerprint density at radius 1 is 1.38 bits per heavy atom. The molecule has 0 unspecified atom stereocenters. The van der Waals surface area contributed by atoms with E-state index in [4.69, 9.17) is 4.74 Å². The summed E-state index contributed by atoms with van der Waals surface area (Å²) < 4.78 is 5.52. The Balaban J connectivity index is 1.63. The summed E-state index contributed by atoms with van der Waals surface area (Å²) in [6.45, 7) is 3.42. The second-order valence-electron chi connectivity index (χ2n) is 5.92. The van der Waals surface area contributed by atoms with Crippen LogP contribution in [-0.2, 0) is 11.2 Å². The van der Waals surface area contributed by atoms with Crippen molar-refractivity contribution in [2.75, 3.05) is 13.2 Å². The summed E-state index contributed by atoms with van der Waals surface area (Å²) in [6, 6.07) is 5.54.